The van der Waals surface area contributed by atoms with E-state index in [1.54, 1.807) is 23.7 Å². The predicted molar refractivity (Wildman–Crippen MR) is 88.4 cm³/mol. The molecule has 0 spiro atoms. The molecule has 5 heteroatoms. The third kappa shape index (κ3) is 3.94. The van der Waals surface area contributed by atoms with Crippen molar-refractivity contribution in [2.75, 3.05) is 19.4 Å². The Morgan fingerprint density at radius 3 is 2.62 bits per heavy atom. The van der Waals surface area contributed by atoms with Crippen molar-refractivity contribution in [3.63, 3.8) is 0 Å². The molecule has 0 aliphatic rings. The fourth-order valence-corrected chi connectivity index (χ4v) is 2.54. The van der Waals surface area contributed by atoms with Gasteiger partial charge in [-0.1, -0.05) is 46.3 Å². The number of likely N-dealkylation sites (N-methyl/N-ethyl adjacent to an activating group) is 1. The van der Waals surface area contributed by atoms with Crippen LogP contribution < -0.4 is 0 Å². The van der Waals surface area contributed by atoms with E-state index in [0.29, 0.717) is 0 Å². The Balaban J connectivity index is 2.25. The molecule has 2 aromatic rings. The van der Waals surface area contributed by atoms with Crippen molar-refractivity contribution in [3.8, 4) is 11.3 Å². The Labute approximate surface area is 133 Å². The minimum Gasteiger partial charge on any atom is -0.347 e. The summed E-state index contributed by atoms with van der Waals surface area (Å²) in [5, 5.41) is 5.48. The summed E-state index contributed by atoms with van der Waals surface area (Å²) in [6, 6.07) is 11.7. The molecule has 1 amide bonds. The van der Waals surface area contributed by atoms with Gasteiger partial charge >= 0.3 is 0 Å². The first-order valence-corrected chi connectivity index (χ1v) is 8.13. The molecular weight excluding hydrogens is 330 g/mol. The van der Waals surface area contributed by atoms with Crippen molar-refractivity contribution in [3.05, 3.63) is 42.6 Å². The van der Waals surface area contributed by atoms with Crippen LogP contribution >= 0.6 is 15.9 Å². The summed E-state index contributed by atoms with van der Waals surface area (Å²) in [6.07, 6.45) is 3.60. The van der Waals surface area contributed by atoms with Gasteiger partial charge in [-0.2, -0.15) is 5.10 Å². The number of amides is 1. The molecular formula is C16H20BrN3O. The van der Waals surface area contributed by atoms with Crippen molar-refractivity contribution in [1.29, 1.82) is 0 Å². The number of rotatable bonds is 6. The summed E-state index contributed by atoms with van der Waals surface area (Å²) < 4.78 is 1.79. The third-order valence-electron chi connectivity index (χ3n) is 3.33. The van der Waals surface area contributed by atoms with Gasteiger partial charge in [0, 0.05) is 31.2 Å². The number of benzene rings is 1. The van der Waals surface area contributed by atoms with Crippen molar-refractivity contribution in [2.24, 2.45) is 0 Å². The van der Waals surface area contributed by atoms with Gasteiger partial charge in [0.25, 0.3) is 0 Å². The molecule has 0 N–H and O–H groups in total. The van der Waals surface area contributed by atoms with Gasteiger partial charge < -0.3 is 4.90 Å². The van der Waals surface area contributed by atoms with Crippen LogP contribution in [0.5, 0.6) is 0 Å². The van der Waals surface area contributed by atoms with Gasteiger partial charge in [-0.15, -0.1) is 0 Å². The van der Waals surface area contributed by atoms with Gasteiger partial charge in [0.05, 0.1) is 5.69 Å². The summed E-state index contributed by atoms with van der Waals surface area (Å²) in [6.45, 7) is 0. The minimum atomic E-state index is -0.241. The van der Waals surface area contributed by atoms with E-state index in [0.717, 1.165) is 29.4 Å². The molecule has 4 nitrogen and oxygen atoms in total. The van der Waals surface area contributed by atoms with Crippen molar-refractivity contribution < 1.29 is 4.79 Å². The maximum Gasteiger partial charge on any atom is 0.246 e. The molecule has 1 unspecified atom stereocenters. The molecule has 21 heavy (non-hydrogen) atoms. The van der Waals surface area contributed by atoms with E-state index >= 15 is 0 Å². The Bertz CT molecular complexity index is 580. The molecule has 0 bridgehead atoms. The molecule has 1 atom stereocenters. The van der Waals surface area contributed by atoms with Gasteiger partial charge in [0.15, 0.2) is 0 Å². The quantitative estimate of drug-likeness (QED) is 0.750. The zero-order valence-electron chi connectivity index (χ0n) is 12.4. The summed E-state index contributed by atoms with van der Waals surface area (Å²) in [4.78, 5) is 14.0. The lowest BCUT2D eigenvalue weighted by Gasteiger charge is -2.20. The van der Waals surface area contributed by atoms with Gasteiger partial charge in [-0.3, -0.25) is 9.48 Å². The zero-order chi connectivity index (χ0) is 15.2. The Morgan fingerprint density at radius 2 is 2.00 bits per heavy atom. The SMILES string of the molecule is CN(C)C(=O)C(CCCBr)n1ccc(-c2ccccc2)n1. The van der Waals surface area contributed by atoms with Crippen molar-refractivity contribution >= 4 is 21.8 Å². The zero-order valence-corrected chi connectivity index (χ0v) is 14.0. The van der Waals surface area contributed by atoms with E-state index in [2.05, 4.69) is 21.0 Å². The number of carbonyl (C=O) groups is 1. The summed E-state index contributed by atoms with van der Waals surface area (Å²) >= 11 is 3.42. The molecule has 0 saturated heterocycles. The van der Waals surface area contributed by atoms with E-state index < -0.39 is 0 Å². The number of nitrogens with zero attached hydrogens (tertiary/aromatic N) is 3. The normalized spacial score (nSPS) is 12.1. The second-order valence-corrected chi connectivity index (χ2v) is 5.92. The first kappa shape index (κ1) is 15.8. The van der Waals surface area contributed by atoms with Crippen LogP contribution in [0, 0.1) is 0 Å². The van der Waals surface area contributed by atoms with Gasteiger partial charge in [0.1, 0.15) is 6.04 Å². The molecule has 0 aliphatic heterocycles. The van der Waals surface area contributed by atoms with Crippen LogP contribution in [0.15, 0.2) is 42.6 Å². The Hall–Kier alpha value is -1.62. The van der Waals surface area contributed by atoms with Crippen LogP contribution in [0.25, 0.3) is 11.3 Å². The average Bonchev–Trinajstić information content (AvgIpc) is 2.98. The summed E-state index contributed by atoms with van der Waals surface area (Å²) in [5.41, 5.74) is 1.96. The first-order valence-electron chi connectivity index (χ1n) is 7.01. The van der Waals surface area contributed by atoms with Gasteiger partial charge in [0.2, 0.25) is 5.91 Å². The lowest BCUT2D eigenvalue weighted by atomic mass is 10.1. The molecule has 1 aromatic carbocycles. The van der Waals surface area contributed by atoms with Crippen LogP contribution in [0.4, 0.5) is 0 Å². The Kier molecular flexibility index (Phi) is 5.56. The molecule has 112 valence electrons. The van der Waals surface area contributed by atoms with Crippen LogP contribution in [0.2, 0.25) is 0 Å². The Morgan fingerprint density at radius 1 is 1.29 bits per heavy atom. The first-order chi connectivity index (χ1) is 10.1. The number of halogens is 1. The van der Waals surface area contributed by atoms with Crippen molar-refractivity contribution in [1.82, 2.24) is 14.7 Å². The summed E-state index contributed by atoms with van der Waals surface area (Å²) in [7, 11) is 3.57. The maximum absolute atomic E-state index is 12.3. The van der Waals surface area contributed by atoms with E-state index in [-0.39, 0.29) is 11.9 Å². The predicted octanol–water partition coefficient (Wildman–Crippen LogP) is 3.35. The number of hydrogen-bond donors (Lipinski definition) is 0. The average molecular weight is 350 g/mol. The second kappa shape index (κ2) is 7.41. The lowest BCUT2D eigenvalue weighted by Crippen LogP contribution is -2.32. The van der Waals surface area contributed by atoms with Gasteiger partial charge in [-0.25, -0.2) is 0 Å². The van der Waals surface area contributed by atoms with E-state index in [1.165, 1.54) is 0 Å². The van der Waals surface area contributed by atoms with E-state index in [9.17, 15) is 4.79 Å². The lowest BCUT2D eigenvalue weighted by molar-refractivity contribution is -0.132. The standard InChI is InChI=1S/C16H20BrN3O/c1-19(2)16(21)15(9-6-11-17)20-12-10-14(18-20)13-7-4-3-5-8-13/h3-5,7-8,10,12,15H,6,9,11H2,1-2H3. The number of alkyl halides is 1. The molecule has 0 saturated carbocycles. The van der Waals surface area contributed by atoms with Crippen LogP contribution in [0.3, 0.4) is 0 Å². The molecule has 2 rings (SSSR count). The van der Waals surface area contributed by atoms with Crippen LogP contribution in [0.1, 0.15) is 18.9 Å². The van der Waals surface area contributed by atoms with Gasteiger partial charge in [-0.05, 0) is 18.9 Å². The highest BCUT2D eigenvalue weighted by Gasteiger charge is 2.22. The topological polar surface area (TPSA) is 38.1 Å². The third-order valence-corrected chi connectivity index (χ3v) is 3.89. The fraction of sp³-hybridized carbons (Fsp3) is 0.375. The number of carbonyl (C=O) groups excluding carboxylic acids is 1. The molecule has 1 aromatic heterocycles. The molecule has 0 radical (unpaired) electrons. The molecule has 0 fully saturated rings. The minimum absolute atomic E-state index is 0.0821. The van der Waals surface area contributed by atoms with Crippen LogP contribution in [-0.2, 0) is 4.79 Å². The van der Waals surface area contributed by atoms with E-state index in [1.807, 2.05) is 42.6 Å². The highest BCUT2D eigenvalue weighted by atomic mass is 79.9. The number of aromatic nitrogens is 2. The highest BCUT2D eigenvalue weighted by molar-refractivity contribution is 9.09. The van der Waals surface area contributed by atoms with Crippen LogP contribution in [-0.4, -0.2) is 40.0 Å². The highest BCUT2D eigenvalue weighted by Crippen LogP contribution is 2.21. The molecule has 1 heterocycles. The monoisotopic (exact) mass is 349 g/mol. The smallest absolute Gasteiger partial charge is 0.246 e. The largest absolute Gasteiger partial charge is 0.347 e. The maximum atomic E-state index is 12.3. The summed E-state index contributed by atoms with van der Waals surface area (Å²) in [5.74, 6) is 0.0821. The fourth-order valence-electron chi connectivity index (χ4n) is 2.21. The second-order valence-electron chi connectivity index (χ2n) is 5.13. The van der Waals surface area contributed by atoms with Crippen molar-refractivity contribution in [2.45, 2.75) is 18.9 Å². The molecule has 0 aliphatic carbocycles. The van der Waals surface area contributed by atoms with E-state index in [4.69, 9.17) is 0 Å². The number of hydrogen-bond acceptors (Lipinski definition) is 2.